The molecular weight excluding hydrogens is 279 g/mol. The summed E-state index contributed by atoms with van der Waals surface area (Å²) in [6.07, 6.45) is 3.30. The van der Waals surface area contributed by atoms with Crippen molar-refractivity contribution in [1.82, 2.24) is 0 Å². The Balaban J connectivity index is 1.62. The third-order valence-electron chi connectivity index (χ3n) is 4.20. The van der Waals surface area contributed by atoms with Gasteiger partial charge in [-0.1, -0.05) is 42.5 Å². The Bertz CT molecular complexity index is 730. The zero-order valence-corrected chi connectivity index (χ0v) is 12.2. The Hall–Kier alpha value is -1.97. The summed E-state index contributed by atoms with van der Waals surface area (Å²) in [5.74, 6) is -0.214. The highest BCUT2D eigenvalue weighted by atomic mass is 19.1. The van der Waals surface area contributed by atoms with Crippen LogP contribution in [0, 0.1) is 5.82 Å². The van der Waals surface area contributed by atoms with Crippen molar-refractivity contribution in [3.05, 3.63) is 70.5 Å². The number of ether oxygens (including phenoxy) is 2. The van der Waals surface area contributed by atoms with E-state index in [1.54, 1.807) is 0 Å². The molecule has 0 bridgehead atoms. The second-order valence-corrected chi connectivity index (χ2v) is 5.71. The van der Waals surface area contributed by atoms with E-state index in [1.165, 1.54) is 17.2 Å². The van der Waals surface area contributed by atoms with Crippen LogP contribution in [0.4, 0.5) is 4.39 Å². The van der Waals surface area contributed by atoms with Crippen LogP contribution < -0.4 is 0 Å². The Morgan fingerprint density at radius 2 is 1.82 bits per heavy atom. The summed E-state index contributed by atoms with van der Waals surface area (Å²) in [5.41, 5.74) is 4.86. The van der Waals surface area contributed by atoms with Crippen molar-refractivity contribution in [1.29, 1.82) is 0 Å². The molecule has 2 aliphatic rings. The number of allylic oxidation sites excluding steroid dienone is 1. The Morgan fingerprint density at radius 1 is 1.00 bits per heavy atom. The first kappa shape index (κ1) is 13.7. The van der Waals surface area contributed by atoms with Crippen LogP contribution in [0.3, 0.4) is 0 Å². The molecule has 1 fully saturated rings. The van der Waals surface area contributed by atoms with Crippen LogP contribution in [0.25, 0.3) is 11.6 Å². The van der Waals surface area contributed by atoms with Crippen molar-refractivity contribution in [2.75, 3.05) is 13.2 Å². The average Bonchev–Trinajstić information content (AvgIpc) is 2.99. The third kappa shape index (κ3) is 2.47. The molecule has 0 spiro atoms. The lowest BCUT2D eigenvalue weighted by Crippen LogP contribution is -2.17. The molecule has 4 rings (SSSR count). The zero-order valence-electron chi connectivity index (χ0n) is 12.2. The molecule has 0 radical (unpaired) electrons. The van der Waals surface area contributed by atoms with E-state index in [0.717, 1.165) is 24.0 Å². The summed E-state index contributed by atoms with van der Waals surface area (Å²) >= 11 is 0. The number of benzene rings is 2. The van der Waals surface area contributed by atoms with E-state index in [2.05, 4.69) is 18.2 Å². The van der Waals surface area contributed by atoms with E-state index < -0.39 is 6.29 Å². The molecule has 112 valence electrons. The van der Waals surface area contributed by atoms with Crippen LogP contribution >= 0.6 is 0 Å². The minimum absolute atomic E-state index is 0.214. The van der Waals surface area contributed by atoms with Crippen molar-refractivity contribution >= 4 is 11.6 Å². The summed E-state index contributed by atoms with van der Waals surface area (Å²) in [6.45, 7) is 1.32. The number of hydrogen-bond donors (Lipinski definition) is 0. The van der Waals surface area contributed by atoms with Gasteiger partial charge in [0.25, 0.3) is 0 Å². The van der Waals surface area contributed by atoms with Gasteiger partial charge in [-0.05, 0) is 35.6 Å². The lowest BCUT2D eigenvalue weighted by molar-refractivity contribution is -0.183. The molecule has 1 saturated heterocycles. The fourth-order valence-corrected chi connectivity index (χ4v) is 3.07. The molecule has 0 N–H and O–H groups in total. The van der Waals surface area contributed by atoms with Crippen LogP contribution in [-0.2, 0) is 15.9 Å². The highest BCUT2D eigenvalue weighted by molar-refractivity contribution is 5.88. The van der Waals surface area contributed by atoms with Gasteiger partial charge in [-0.15, -0.1) is 0 Å². The fraction of sp³-hybridized carbons (Fsp3) is 0.263. The maximum absolute atomic E-state index is 14.5. The topological polar surface area (TPSA) is 18.5 Å². The lowest BCUT2D eigenvalue weighted by Gasteiger charge is -2.23. The highest BCUT2D eigenvalue weighted by Gasteiger charge is 2.20. The Labute approximate surface area is 129 Å². The van der Waals surface area contributed by atoms with Gasteiger partial charge in [0.05, 0.1) is 13.2 Å². The van der Waals surface area contributed by atoms with Gasteiger partial charge < -0.3 is 9.47 Å². The summed E-state index contributed by atoms with van der Waals surface area (Å²) in [5, 5.41) is 0. The van der Waals surface area contributed by atoms with E-state index in [1.807, 2.05) is 24.3 Å². The minimum Gasteiger partial charge on any atom is -0.348 e. The molecule has 1 aliphatic carbocycles. The number of rotatable bonds is 2. The minimum atomic E-state index is -0.438. The van der Waals surface area contributed by atoms with E-state index >= 15 is 0 Å². The van der Waals surface area contributed by atoms with Crippen LogP contribution in [0.2, 0.25) is 0 Å². The maximum atomic E-state index is 14.5. The third-order valence-corrected chi connectivity index (χ3v) is 4.20. The van der Waals surface area contributed by atoms with Crippen molar-refractivity contribution in [2.24, 2.45) is 0 Å². The first-order chi connectivity index (χ1) is 10.8. The van der Waals surface area contributed by atoms with Crippen molar-refractivity contribution in [2.45, 2.75) is 19.1 Å². The summed E-state index contributed by atoms with van der Waals surface area (Å²) in [4.78, 5) is 0. The second kappa shape index (κ2) is 5.67. The molecule has 0 saturated carbocycles. The lowest BCUT2D eigenvalue weighted by atomic mass is 10.0. The summed E-state index contributed by atoms with van der Waals surface area (Å²) in [7, 11) is 0. The molecule has 0 amide bonds. The van der Waals surface area contributed by atoms with Crippen molar-refractivity contribution in [3.8, 4) is 0 Å². The summed E-state index contributed by atoms with van der Waals surface area (Å²) < 4.78 is 25.6. The van der Waals surface area contributed by atoms with E-state index in [0.29, 0.717) is 18.8 Å². The molecule has 2 aromatic carbocycles. The second-order valence-electron chi connectivity index (χ2n) is 5.71. The molecule has 3 heteroatoms. The molecular formula is C19H17FO2. The quantitative estimate of drug-likeness (QED) is 0.820. The van der Waals surface area contributed by atoms with Gasteiger partial charge in [-0.3, -0.25) is 0 Å². The predicted molar refractivity (Wildman–Crippen MR) is 83.7 cm³/mol. The predicted octanol–water partition coefficient (Wildman–Crippen LogP) is 4.36. The van der Waals surface area contributed by atoms with Gasteiger partial charge in [0.1, 0.15) is 5.82 Å². The van der Waals surface area contributed by atoms with E-state index in [-0.39, 0.29) is 5.82 Å². The summed E-state index contributed by atoms with van der Waals surface area (Å²) in [6, 6.07) is 13.5. The maximum Gasteiger partial charge on any atom is 0.183 e. The number of fused-ring (bicyclic) bond motifs is 1. The van der Waals surface area contributed by atoms with Crippen LogP contribution in [0.1, 0.15) is 35.0 Å². The molecule has 2 aromatic rings. The van der Waals surface area contributed by atoms with Crippen LogP contribution in [-0.4, -0.2) is 13.2 Å². The molecule has 1 heterocycles. The van der Waals surface area contributed by atoms with Crippen molar-refractivity contribution < 1.29 is 13.9 Å². The van der Waals surface area contributed by atoms with Gasteiger partial charge in [-0.25, -0.2) is 4.39 Å². The smallest absolute Gasteiger partial charge is 0.183 e. The first-order valence-corrected chi connectivity index (χ1v) is 7.63. The van der Waals surface area contributed by atoms with E-state index in [9.17, 15) is 4.39 Å². The standard InChI is InChI=1S/C19H17FO2/c20-18-12-15(19-21-8-3-9-22-19)6-7-17(18)16-10-13-4-1-2-5-14(13)11-16/h1-2,4-7,10,12,19H,3,8-9,11H2. The molecule has 2 nitrogen and oxygen atoms in total. The SMILES string of the molecule is Fc1cc(C2OCCCO2)ccc1C1=Cc2ccccc2C1. The molecule has 1 aliphatic heterocycles. The molecule has 0 unspecified atom stereocenters. The molecule has 0 aromatic heterocycles. The van der Waals surface area contributed by atoms with Crippen LogP contribution in [0.5, 0.6) is 0 Å². The van der Waals surface area contributed by atoms with E-state index in [4.69, 9.17) is 9.47 Å². The van der Waals surface area contributed by atoms with Crippen LogP contribution in [0.15, 0.2) is 42.5 Å². The largest absolute Gasteiger partial charge is 0.348 e. The van der Waals surface area contributed by atoms with Gasteiger partial charge in [0.15, 0.2) is 6.29 Å². The fourth-order valence-electron chi connectivity index (χ4n) is 3.07. The Morgan fingerprint density at radius 3 is 2.59 bits per heavy atom. The number of hydrogen-bond acceptors (Lipinski definition) is 2. The Kier molecular flexibility index (Phi) is 3.53. The zero-order chi connectivity index (χ0) is 14.9. The van der Waals surface area contributed by atoms with Gasteiger partial charge >= 0.3 is 0 Å². The molecule has 22 heavy (non-hydrogen) atoms. The normalized spacial score (nSPS) is 18.1. The monoisotopic (exact) mass is 296 g/mol. The van der Waals surface area contributed by atoms with Crippen molar-refractivity contribution in [3.63, 3.8) is 0 Å². The van der Waals surface area contributed by atoms with Gasteiger partial charge in [-0.2, -0.15) is 0 Å². The van der Waals surface area contributed by atoms with Gasteiger partial charge in [0, 0.05) is 11.1 Å². The first-order valence-electron chi connectivity index (χ1n) is 7.63. The average molecular weight is 296 g/mol. The molecule has 0 atom stereocenters. The highest BCUT2D eigenvalue weighted by Crippen LogP contribution is 2.34. The van der Waals surface area contributed by atoms with Gasteiger partial charge in [0.2, 0.25) is 0 Å². The number of halogens is 1.